The molecule has 0 spiro atoms. The molecule has 1 heterocycles. The predicted molar refractivity (Wildman–Crippen MR) is 45.9 cm³/mol. The van der Waals surface area contributed by atoms with Gasteiger partial charge in [-0.05, 0) is 24.1 Å². The first-order valence-corrected chi connectivity index (χ1v) is 4.19. The Morgan fingerprint density at radius 2 is 2.15 bits per heavy atom. The lowest BCUT2D eigenvalue weighted by Crippen LogP contribution is -2.46. The SMILES string of the molecule is Cc1ccc(C2(O)COC2)cc1F. The molecule has 1 aromatic rings. The molecule has 1 fully saturated rings. The standard InChI is InChI=1S/C10H11FO2/c1-7-2-3-8(4-9(7)11)10(12)5-13-6-10/h2-4,12H,5-6H2,1H3. The van der Waals surface area contributed by atoms with Crippen molar-refractivity contribution >= 4 is 0 Å². The molecule has 0 amide bonds. The fourth-order valence-corrected chi connectivity index (χ4v) is 1.34. The monoisotopic (exact) mass is 182 g/mol. The second kappa shape index (κ2) is 2.79. The van der Waals surface area contributed by atoms with Crippen LogP contribution in [-0.2, 0) is 10.3 Å². The average molecular weight is 182 g/mol. The van der Waals surface area contributed by atoms with Crippen LogP contribution < -0.4 is 0 Å². The quantitative estimate of drug-likeness (QED) is 0.710. The van der Waals surface area contributed by atoms with Gasteiger partial charge in [-0.1, -0.05) is 12.1 Å². The van der Waals surface area contributed by atoms with Gasteiger partial charge < -0.3 is 9.84 Å². The van der Waals surface area contributed by atoms with E-state index in [1.54, 1.807) is 19.1 Å². The van der Waals surface area contributed by atoms with Crippen LogP contribution >= 0.6 is 0 Å². The molecule has 0 saturated carbocycles. The number of ether oxygens (including phenoxy) is 1. The molecule has 0 bridgehead atoms. The van der Waals surface area contributed by atoms with Gasteiger partial charge in [0.15, 0.2) is 0 Å². The summed E-state index contributed by atoms with van der Waals surface area (Å²) in [5, 5.41) is 9.81. The number of rotatable bonds is 1. The van der Waals surface area contributed by atoms with Crippen molar-refractivity contribution in [2.45, 2.75) is 12.5 Å². The van der Waals surface area contributed by atoms with Gasteiger partial charge in [0.25, 0.3) is 0 Å². The summed E-state index contributed by atoms with van der Waals surface area (Å²) in [5.74, 6) is -0.280. The maximum atomic E-state index is 13.1. The molecule has 0 unspecified atom stereocenters. The largest absolute Gasteiger partial charge is 0.380 e. The zero-order chi connectivity index (χ0) is 9.47. The number of aryl methyl sites for hydroxylation is 1. The van der Waals surface area contributed by atoms with Crippen molar-refractivity contribution in [1.29, 1.82) is 0 Å². The van der Waals surface area contributed by atoms with Crippen LogP contribution in [0.2, 0.25) is 0 Å². The van der Waals surface area contributed by atoms with Crippen molar-refractivity contribution in [3.8, 4) is 0 Å². The van der Waals surface area contributed by atoms with Crippen LogP contribution in [0.5, 0.6) is 0 Å². The Hall–Kier alpha value is -0.930. The molecule has 13 heavy (non-hydrogen) atoms. The topological polar surface area (TPSA) is 29.5 Å². The minimum Gasteiger partial charge on any atom is -0.380 e. The third kappa shape index (κ3) is 1.34. The summed E-state index contributed by atoms with van der Waals surface area (Å²) >= 11 is 0. The Balaban J connectivity index is 2.36. The number of benzene rings is 1. The Morgan fingerprint density at radius 1 is 1.46 bits per heavy atom. The van der Waals surface area contributed by atoms with E-state index in [9.17, 15) is 9.50 Å². The summed E-state index contributed by atoms with van der Waals surface area (Å²) < 4.78 is 18.0. The lowest BCUT2D eigenvalue weighted by atomic mass is 9.91. The summed E-state index contributed by atoms with van der Waals surface area (Å²) in [5.41, 5.74) is 0.226. The highest BCUT2D eigenvalue weighted by molar-refractivity contribution is 5.29. The van der Waals surface area contributed by atoms with Crippen LogP contribution in [0.25, 0.3) is 0 Å². The molecule has 2 rings (SSSR count). The predicted octanol–water partition coefficient (Wildman–Crippen LogP) is 1.35. The maximum Gasteiger partial charge on any atom is 0.136 e. The van der Waals surface area contributed by atoms with Crippen LogP contribution in [-0.4, -0.2) is 18.3 Å². The lowest BCUT2D eigenvalue weighted by molar-refractivity contribution is -0.184. The molecular formula is C10H11FO2. The van der Waals surface area contributed by atoms with Crippen molar-refractivity contribution in [1.82, 2.24) is 0 Å². The molecule has 3 heteroatoms. The van der Waals surface area contributed by atoms with Crippen molar-refractivity contribution in [2.24, 2.45) is 0 Å². The average Bonchev–Trinajstić information content (AvgIpc) is 2.06. The lowest BCUT2D eigenvalue weighted by Gasteiger charge is -2.36. The molecule has 2 nitrogen and oxygen atoms in total. The van der Waals surface area contributed by atoms with Crippen molar-refractivity contribution in [2.75, 3.05) is 13.2 Å². The van der Waals surface area contributed by atoms with Gasteiger partial charge in [0, 0.05) is 0 Å². The Morgan fingerprint density at radius 3 is 2.62 bits per heavy atom. The van der Waals surface area contributed by atoms with Crippen LogP contribution in [0.1, 0.15) is 11.1 Å². The molecule has 0 aromatic heterocycles. The number of hydrogen-bond acceptors (Lipinski definition) is 2. The van der Waals surface area contributed by atoms with Gasteiger partial charge >= 0.3 is 0 Å². The Kier molecular flexibility index (Phi) is 1.86. The zero-order valence-corrected chi connectivity index (χ0v) is 7.38. The molecule has 0 atom stereocenters. The summed E-state index contributed by atoms with van der Waals surface area (Å²) in [7, 11) is 0. The molecule has 1 N–H and O–H groups in total. The van der Waals surface area contributed by atoms with Gasteiger partial charge in [-0.25, -0.2) is 4.39 Å². The highest BCUT2D eigenvalue weighted by Crippen LogP contribution is 2.29. The number of aliphatic hydroxyl groups is 1. The van der Waals surface area contributed by atoms with Gasteiger partial charge in [-0.2, -0.15) is 0 Å². The second-order valence-corrected chi connectivity index (χ2v) is 3.49. The van der Waals surface area contributed by atoms with Crippen LogP contribution in [0.3, 0.4) is 0 Å². The van der Waals surface area contributed by atoms with Crippen molar-refractivity contribution in [3.05, 3.63) is 35.1 Å². The van der Waals surface area contributed by atoms with E-state index < -0.39 is 5.60 Å². The summed E-state index contributed by atoms with van der Waals surface area (Å²) in [6, 6.07) is 4.78. The molecule has 1 saturated heterocycles. The van der Waals surface area contributed by atoms with Crippen molar-refractivity contribution in [3.63, 3.8) is 0 Å². The second-order valence-electron chi connectivity index (χ2n) is 3.49. The van der Waals surface area contributed by atoms with E-state index >= 15 is 0 Å². The zero-order valence-electron chi connectivity index (χ0n) is 7.38. The molecule has 1 aromatic carbocycles. The summed E-state index contributed by atoms with van der Waals surface area (Å²) in [6.45, 7) is 2.21. The van der Waals surface area contributed by atoms with Crippen LogP contribution in [0.4, 0.5) is 4.39 Å². The van der Waals surface area contributed by atoms with Gasteiger partial charge in [0.05, 0.1) is 13.2 Å². The van der Waals surface area contributed by atoms with Gasteiger partial charge in [-0.3, -0.25) is 0 Å². The minimum atomic E-state index is -0.964. The third-order valence-electron chi connectivity index (χ3n) is 2.39. The smallest absolute Gasteiger partial charge is 0.136 e. The Labute approximate surface area is 76.0 Å². The fraction of sp³-hybridized carbons (Fsp3) is 0.400. The van der Waals surface area contributed by atoms with E-state index in [0.717, 1.165) is 0 Å². The summed E-state index contributed by atoms with van der Waals surface area (Å²) in [6.07, 6.45) is 0. The van der Waals surface area contributed by atoms with E-state index in [1.165, 1.54) is 6.07 Å². The van der Waals surface area contributed by atoms with Crippen molar-refractivity contribution < 1.29 is 14.2 Å². The van der Waals surface area contributed by atoms with Crippen LogP contribution in [0, 0.1) is 12.7 Å². The van der Waals surface area contributed by atoms with E-state index in [-0.39, 0.29) is 19.0 Å². The van der Waals surface area contributed by atoms with Gasteiger partial charge in [0.1, 0.15) is 11.4 Å². The first-order chi connectivity index (χ1) is 6.12. The third-order valence-corrected chi connectivity index (χ3v) is 2.39. The molecule has 70 valence electrons. The molecule has 1 aliphatic heterocycles. The normalized spacial score (nSPS) is 19.6. The van der Waals surface area contributed by atoms with Gasteiger partial charge in [0.2, 0.25) is 0 Å². The first kappa shape index (κ1) is 8.66. The number of hydrogen-bond donors (Lipinski definition) is 1. The maximum absolute atomic E-state index is 13.1. The highest BCUT2D eigenvalue weighted by Gasteiger charge is 2.38. The van der Waals surface area contributed by atoms with E-state index in [4.69, 9.17) is 4.74 Å². The molecule has 1 aliphatic rings. The van der Waals surface area contributed by atoms with Crippen LogP contribution in [0.15, 0.2) is 18.2 Å². The number of halogens is 1. The minimum absolute atomic E-state index is 0.259. The molecule has 0 radical (unpaired) electrons. The van der Waals surface area contributed by atoms with Gasteiger partial charge in [-0.15, -0.1) is 0 Å². The molecule has 0 aliphatic carbocycles. The highest BCUT2D eigenvalue weighted by atomic mass is 19.1. The van der Waals surface area contributed by atoms with E-state index in [1.807, 2.05) is 0 Å². The fourth-order valence-electron chi connectivity index (χ4n) is 1.34. The van der Waals surface area contributed by atoms with E-state index in [0.29, 0.717) is 11.1 Å². The first-order valence-electron chi connectivity index (χ1n) is 4.19. The molecular weight excluding hydrogens is 171 g/mol. The summed E-state index contributed by atoms with van der Waals surface area (Å²) in [4.78, 5) is 0. The Bertz CT molecular complexity index is 332. The van der Waals surface area contributed by atoms with E-state index in [2.05, 4.69) is 0 Å².